The molecular weight excluding hydrogens is 312 g/mol. The molecule has 1 N–H and O–H groups in total. The maximum atomic E-state index is 12.4. The van der Waals surface area contributed by atoms with E-state index in [1.54, 1.807) is 11.8 Å². The van der Waals surface area contributed by atoms with Crippen molar-refractivity contribution < 1.29 is 9.59 Å². The number of hydrogen-bond acceptors (Lipinski definition) is 2. The quantitative estimate of drug-likeness (QED) is 0.748. The van der Waals surface area contributed by atoms with E-state index in [9.17, 15) is 9.59 Å². The average molecular weight is 347 g/mol. The van der Waals surface area contributed by atoms with Crippen LogP contribution in [0.3, 0.4) is 0 Å². The molecule has 0 radical (unpaired) electrons. The molecule has 2 amide bonds. The van der Waals surface area contributed by atoms with Gasteiger partial charge in [0, 0.05) is 25.9 Å². The van der Waals surface area contributed by atoms with Crippen molar-refractivity contribution in [2.45, 2.75) is 79.2 Å². The Morgan fingerprint density at radius 2 is 1.56 bits per heavy atom. The van der Waals surface area contributed by atoms with E-state index < -0.39 is 0 Å². The molecule has 25 heavy (non-hydrogen) atoms. The highest BCUT2D eigenvalue weighted by atomic mass is 16.2. The Bertz CT molecular complexity index is 567. The fourth-order valence-electron chi connectivity index (χ4n) is 2.91. The molecule has 140 valence electrons. The number of hydrogen-bond donors (Lipinski definition) is 1. The Morgan fingerprint density at radius 3 is 1.96 bits per heavy atom. The van der Waals surface area contributed by atoms with E-state index in [-0.39, 0.29) is 17.9 Å². The third-order valence-electron chi connectivity index (χ3n) is 4.57. The Balaban J connectivity index is 3.14. The van der Waals surface area contributed by atoms with Crippen LogP contribution in [0.15, 0.2) is 18.2 Å². The summed E-state index contributed by atoms with van der Waals surface area (Å²) in [6.45, 7) is 14.6. The number of benzene rings is 1. The van der Waals surface area contributed by atoms with Crippen LogP contribution in [0.25, 0.3) is 0 Å². The highest BCUT2D eigenvalue weighted by Gasteiger charge is 2.22. The van der Waals surface area contributed by atoms with Gasteiger partial charge < -0.3 is 10.2 Å². The first kappa shape index (κ1) is 21.2. The molecular formula is C21H34N2O2. The lowest BCUT2D eigenvalue weighted by atomic mass is 9.91. The van der Waals surface area contributed by atoms with Crippen molar-refractivity contribution in [2.24, 2.45) is 0 Å². The highest BCUT2D eigenvalue weighted by Crippen LogP contribution is 2.35. The van der Waals surface area contributed by atoms with Crippen LogP contribution in [0.4, 0.5) is 5.69 Å². The number of rotatable bonds is 8. The number of carbonyl (C=O) groups is 2. The topological polar surface area (TPSA) is 49.4 Å². The van der Waals surface area contributed by atoms with Gasteiger partial charge in [0.15, 0.2) is 0 Å². The molecule has 1 atom stereocenters. The summed E-state index contributed by atoms with van der Waals surface area (Å²) in [6, 6.07) is 6.39. The van der Waals surface area contributed by atoms with Crippen LogP contribution >= 0.6 is 0 Å². The van der Waals surface area contributed by atoms with Gasteiger partial charge in [-0.1, -0.05) is 52.8 Å². The number of para-hydroxylation sites is 1. The molecule has 0 saturated carbocycles. The molecule has 1 aromatic carbocycles. The van der Waals surface area contributed by atoms with Gasteiger partial charge >= 0.3 is 0 Å². The smallest absolute Gasteiger partial charge is 0.223 e. The van der Waals surface area contributed by atoms with Crippen molar-refractivity contribution in [3.8, 4) is 0 Å². The molecule has 4 heteroatoms. The largest absolute Gasteiger partial charge is 0.354 e. The van der Waals surface area contributed by atoms with E-state index in [0.29, 0.717) is 24.8 Å². The molecule has 0 spiro atoms. The first-order valence-corrected chi connectivity index (χ1v) is 9.39. The van der Waals surface area contributed by atoms with Gasteiger partial charge in [-0.05, 0) is 36.3 Å². The molecule has 0 aromatic heterocycles. The lowest BCUT2D eigenvalue weighted by molar-refractivity contribution is -0.121. The molecule has 1 aromatic rings. The number of amides is 2. The summed E-state index contributed by atoms with van der Waals surface area (Å²) in [7, 11) is 0. The van der Waals surface area contributed by atoms with E-state index >= 15 is 0 Å². The van der Waals surface area contributed by atoms with Crippen molar-refractivity contribution >= 4 is 17.5 Å². The SMILES string of the molecule is CCC(C)NC(=O)CCN(C(C)=O)c1c(C(C)C)cccc1C(C)C. The van der Waals surface area contributed by atoms with Gasteiger partial charge in [0.2, 0.25) is 11.8 Å². The van der Waals surface area contributed by atoms with Gasteiger partial charge in [0.25, 0.3) is 0 Å². The fraction of sp³-hybridized carbons (Fsp3) is 0.619. The summed E-state index contributed by atoms with van der Waals surface area (Å²) in [5.74, 6) is 0.592. The van der Waals surface area contributed by atoms with Gasteiger partial charge in [-0.25, -0.2) is 0 Å². The molecule has 0 aliphatic heterocycles. The predicted octanol–water partition coefficient (Wildman–Crippen LogP) is 4.59. The molecule has 0 saturated heterocycles. The van der Waals surface area contributed by atoms with Gasteiger partial charge in [0.05, 0.1) is 5.69 Å². The zero-order valence-corrected chi connectivity index (χ0v) is 16.8. The number of nitrogens with one attached hydrogen (secondary N) is 1. The van der Waals surface area contributed by atoms with Crippen LogP contribution in [0.1, 0.15) is 84.3 Å². The monoisotopic (exact) mass is 346 g/mol. The zero-order valence-electron chi connectivity index (χ0n) is 16.8. The predicted molar refractivity (Wildman–Crippen MR) is 105 cm³/mol. The standard InChI is InChI=1S/C21H34N2O2/c1-8-16(6)22-20(25)12-13-23(17(7)24)21-18(14(2)3)10-9-11-19(21)15(4)5/h9-11,14-16H,8,12-13H2,1-7H3,(H,22,25). The average Bonchev–Trinajstić information content (AvgIpc) is 2.54. The molecule has 0 bridgehead atoms. The molecule has 1 rings (SSSR count). The first-order valence-electron chi connectivity index (χ1n) is 9.39. The number of anilines is 1. The van der Waals surface area contributed by atoms with E-state index in [1.807, 2.05) is 13.8 Å². The van der Waals surface area contributed by atoms with Crippen LogP contribution < -0.4 is 10.2 Å². The van der Waals surface area contributed by atoms with Crippen molar-refractivity contribution in [3.05, 3.63) is 29.3 Å². The first-order chi connectivity index (χ1) is 11.7. The maximum absolute atomic E-state index is 12.4. The van der Waals surface area contributed by atoms with Crippen LogP contribution in [0.2, 0.25) is 0 Å². The highest BCUT2D eigenvalue weighted by molar-refractivity contribution is 5.94. The lowest BCUT2D eigenvalue weighted by Gasteiger charge is -2.29. The lowest BCUT2D eigenvalue weighted by Crippen LogP contribution is -2.37. The van der Waals surface area contributed by atoms with Gasteiger partial charge in [-0.3, -0.25) is 9.59 Å². The van der Waals surface area contributed by atoms with Crippen molar-refractivity contribution in [3.63, 3.8) is 0 Å². The normalized spacial score (nSPS) is 12.4. The summed E-state index contributed by atoms with van der Waals surface area (Å²) < 4.78 is 0. The summed E-state index contributed by atoms with van der Waals surface area (Å²) in [5.41, 5.74) is 3.30. The Hall–Kier alpha value is -1.84. The molecule has 4 nitrogen and oxygen atoms in total. The summed E-state index contributed by atoms with van der Waals surface area (Å²) in [4.78, 5) is 26.3. The minimum Gasteiger partial charge on any atom is -0.354 e. The molecule has 0 aliphatic carbocycles. The molecule has 0 heterocycles. The second-order valence-corrected chi connectivity index (χ2v) is 7.39. The number of carbonyl (C=O) groups excluding carboxylic acids is 2. The summed E-state index contributed by atoms with van der Waals surface area (Å²) >= 11 is 0. The van der Waals surface area contributed by atoms with Crippen molar-refractivity contribution in [1.29, 1.82) is 0 Å². The van der Waals surface area contributed by atoms with E-state index in [0.717, 1.165) is 23.2 Å². The van der Waals surface area contributed by atoms with Crippen LogP contribution in [0, 0.1) is 0 Å². The summed E-state index contributed by atoms with van der Waals surface area (Å²) in [6.07, 6.45) is 1.21. The zero-order chi connectivity index (χ0) is 19.1. The molecule has 0 aliphatic rings. The minimum atomic E-state index is -0.0219. The maximum Gasteiger partial charge on any atom is 0.223 e. The van der Waals surface area contributed by atoms with E-state index in [4.69, 9.17) is 0 Å². The minimum absolute atomic E-state index is 0.00581. The van der Waals surface area contributed by atoms with Crippen molar-refractivity contribution in [1.82, 2.24) is 5.32 Å². The van der Waals surface area contributed by atoms with Crippen LogP contribution in [-0.2, 0) is 9.59 Å². The second-order valence-electron chi connectivity index (χ2n) is 7.39. The van der Waals surface area contributed by atoms with Crippen molar-refractivity contribution in [2.75, 3.05) is 11.4 Å². The Labute approximate surface area is 153 Å². The summed E-state index contributed by atoms with van der Waals surface area (Å²) in [5, 5.41) is 2.97. The third-order valence-corrected chi connectivity index (χ3v) is 4.57. The van der Waals surface area contributed by atoms with Gasteiger partial charge in [0.1, 0.15) is 0 Å². The fourth-order valence-corrected chi connectivity index (χ4v) is 2.91. The van der Waals surface area contributed by atoms with Crippen LogP contribution in [-0.4, -0.2) is 24.4 Å². The molecule has 0 fully saturated rings. The van der Waals surface area contributed by atoms with Gasteiger partial charge in [-0.2, -0.15) is 0 Å². The van der Waals surface area contributed by atoms with Gasteiger partial charge in [-0.15, -0.1) is 0 Å². The Kier molecular flexibility index (Phi) is 8.14. The second kappa shape index (κ2) is 9.59. The number of nitrogens with zero attached hydrogens (tertiary/aromatic N) is 1. The van der Waals surface area contributed by atoms with E-state index in [1.165, 1.54) is 0 Å². The van der Waals surface area contributed by atoms with Crippen LogP contribution in [0.5, 0.6) is 0 Å². The van der Waals surface area contributed by atoms with E-state index in [2.05, 4.69) is 51.2 Å². The Morgan fingerprint density at radius 1 is 1.04 bits per heavy atom. The molecule has 1 unspecified atom stereocenters. The third kappa shape index (κ3) is 5.87.